The fraction of sp³-hybridized carbons (Fsp3) is 0.348. The summed E-state index contributed by atoms with van der Waals surface area (Å²) < 4.78 is 32.8. The minimum atomic E-state index is -0.678. The van der Waals surface area contributed by atoms with Crippen molar-refractivity contribution < 1.29 is 22.8 Å². The smallest absolute Gasteiger partial charge is 0.248 e. The summed E-state index contributed by atoms with van der Waals surface area (Å²) in [5.74, 6) is -1.72. The molecule has 29 heavy (non-hydrogen) atoms. The molecule has 1 amide bonds. The summed E-state index contributed by atoms with van der Waals surface area (Å²) in [7, 11) is 4.48. The number of hydrogen-bond acceptors (Lipinski definition) is 2. The van der Waals surface area contributed by atoms with Crippen LogP contribution >= 0.6 is 0 Å². The number of hydrogen-bond donors (Lipinski definition) is 1. The van der Waals surface area contributed by atoms with Crippen molar-refractivity contribution in [2.75, 3.05) is 32.6 Å². The number of carbonyl (C=O) groups excluding carboxylic acids is 1. The van der Waals surface area contributed by atoms with E-state index in [1.165, 1.54) is 29.8 Å². The van der Waals surface area contributed by atoms with E-state index < -0.39 is 11.6 Å². The van der Waals surface area contributed by atoms with Crippen LogP contribution in [0, 0.1) is 11.6 Å². The third-order valence-electron chi connectivity index (χ3n) is 5.30. The van der Waals surface area contributed by atoms with Crippen molar-refractivity contribution in [1.29, 1.82) is 0 Å². The van der Waals surface area contributed by atoms with E-state index in [2.05, 4.69) is 19.4 Å². The average molecular weight is 401 g/mol. The van der Waals surface area contributed by atoms with Crippen LogP contribution in [-0.4, -0.2) is 43.7 Å². The number of nitrogens with zero attached hydrogens (tertiary/aromatic N) is 1. The molecule has 0 bridgehead atoms. The molecular weight excluding hydrogens is 374 g/mol. The zero-order valence-electron chi connectivity index (χ0n) is 16.8. The molecule has 0 aromatic heterocycles. The Morgan fingerprint density at radius 1 is 1.10 bits per heavy atom. The summed E-state index contributed by atoms with van der Waals surface area (Å²) in [5.41, 5.74) is 2.16. The normalized spacial score (nSPS) is 15.6. The Kier molecular flexibility index (Phi) is 6.77. The maximum atomic E-state index is 13.2. The standard InChI is InChI=1S/C23H26F2N2O2/c1-27(2,22-9-11-29-12-10-22)16-17-3-6-21(7-4-17)26-23(28)8-5-18-13-19(24)15-20(25)14-18/h3-8,13-15,22H,9-12,16H2,1-2H3/p+1/b8-5+. The molecule has 0 atom stereocenters. The Morgan fingerprint density at radius 3 is 2.34 bits per heavy atom. The number of quaternary nitrogens is 1. The Hall–Kier alpha value is -2.57. The highest BCUT2D eigenvalue weighted by Gasteiger charge is 2.30. The van der Waals surface area contributed by atoms with Gasteiger partial charge in [0, 0.05) is 36.2 Å². The van der Waals surface area contributed by atoms with Crippen molar-refractivity contribution in [3.63, 3.8) is 0 Å². The van der Waals surface area contributed by atoms with Crippen LogP contribution in [0.4, 0.5) is 14.5 Å². The summed E-state index contributed by atoms with van der Waals surface area (Å²) in [6, 6.07) is 11.5. The molecule has 0 aliphatic carbocycles. The van der Waals surface area contributed by atoms with Crippen LogP contribution in [0.5, 0.6) is 0 Å². The van der Waals surface area contributed by atoms with Crippen molar-refractivity contribution in [1.82, 2.24) is 0 Å². The first-order valence-electron chi connectivity index (χ1n) is 9.76. The lowest BCUT2D eigenvalue weighted by Gasteiger charge is -2.40. The number of rotatable bonds is 6. The van der Waals surface area contributed by atoms with Gasteiger partial charge in [-0.3, -0.25) is 4.79 Å². The molecular formula is C23H27F2N2O2+. The Morgan fingerprint density at radius 2 is 1.72 bits per heavy atom. The number of benzene rings is 2. The molecule has 1 heterocycles. The molecule has 0 unspecified atom stereocenters. The van der Waals surface area contributed by atoms with E-state index >= 15 is 0 Å². The zero-order valence-corrected chi connectivity index (χ0v) is 16.8. The van der Waals surface area contributed by atoms with Crippen molar-refractivity contribution in [2.24, 2.45) is 0 Å². The van der Waals surface area contributed by atoms with E-state index in [4.69, 9.17) is 4.74 Å². The predicted molar refractivity (Wildman–Crippen MR) is 110 cm³/mol. The SMILES string of the molecule is C[N+](C)(Cc1ccc(NC(=O)/C=C/c2cc(F)cc(F)c2)cc1)C1CCOCC1. The molecule has 154 valence electrons. The van der Waals surface area contributed by atoms with Crippen LogP contribution in [0.2, 0.25) is 0 Å². The number of ether oxygens (including phenoxy) is 1. The maximum absolute atomic E-state index is 13.2. The van der Waals surface area contributed by atoms with Crippen molar-refractivity contribution in [3.05, 3.63) is 71.3 Å². The molecule has 1 N–H and O–H groups in total. The molecule has 1 fully saturated rings. The van der Waals surface area contributed by atoms with Gasteiger partial charge in [-0.05, 0) is 35.9 Å². The molecule has 2 aromatic rings. The zero-order chi connectivity index (χ0) is 20.9. The van der Waals surface area contributed by atoms with Crippen LogP contribution in [0.15, 0.2) is 48.5 Å². The third-order valence-corrected chi connectivity index (χ3v) is 5.30. The van der Waals surface area contributed by atoms with Crippen LogP contribution in [0.25, 0.3) is 6.08 Å². The number of amides is 1. The second-order valence-electron chi connectivity index (χ2n) is 8.00. The largest absolute Gasteiger partial charge is 0.381 e. The summed E-state index contributed by atoms with van der Waals surface area (Å²) in [6.45, 7) is 2.56. The Balaban J connectivity index is 1.57. The van der Waals surface area contributed by atoms with E-state index in [1.54, 1.807) is 0 Å². The molecule has 0 radical (unpaired) electrons. The summed E-state index contributed by atoms with van der Waals surface area (Å²) in [6.07, 6.45) is 4.78. The second-order valence-corrected chi connectivity index (χ2v) is 8.00. The van der Waals surface area contributed by atoms with Crippen molar-refractivity contribution in [2.45, 2.75) is 25.4 Å². The van der Waals surface area contributed by atoms with Crippen molar-refractivity contribution >= 4 is 17.7 Å². The van der Waals surface area contributed by atoms with E-state index in [1.807, 2.05) is 24.3 Å². The third kappa shape index (κ3) is 6.21. The first kappa shape index (κ1) is 21.1. The number of nitrogens with one attached hydrogen (secondary N) is 1. The minimum Gasteiger partial charge on any atom is -0.381 e. The number of carbonyl (C=O) groups is 1. The second kappa shape index (κ2) is 9.29. The van der Waals surface area contributed by atoms with Crippen molar-refractivity contribution in [3.8, 4) is 0 Å². The molecule has 3 rings (SSSR count). The van der Waals surface area contributed by atoms with Gasteiger partial charge in [-0.15, -0.1) is 0 Å². The fourth-order valence-corrected chi connectivity index (χ4v) is 3.70. The summed E-state index contributed by atoms with van der Waals surface area (Å²) in [5, 5.41) is 2.76. The van der Waals surface area contributed by atoms with Gasteiger partial charge < -0.3 is 14.5 Å². The van der Waals surface area contributed by atoms with E-state index in [9.17, 15) is 13.6 Å². The predicted octanol–water partition coefficient (Wildman–Crippen LogP) is 4.37. The fourth-order valence-electron chi connectivity index (χ4n) is 3.70. The van der Waals surface area contributed by atoms with Crippen LogP contribution in [0.1, 0.15) is 24.0 Å². The van der Waals surface area contributed by atoms with E-state index in [0.717, 1.165) is 43.1 Å². The van der Waals surface area contributed by atoms with Gasteiger partial charge in [-0.1, -0.05) is 12.1 Å². The van der Waals surface area contributed by atoms with Gasteiger partial charge in [-0.2, -0.15) is 0 Å². The molecule has 1 aliphatic rings. The van der Waals surface area contributed by atoms with E-state index in [-0.39, 0.29) is 5.91 Å². The molecule has 4 nitrogen and oxygen atoms in total. The summed E-state index contributed by atoms with van der Waals surface area (Å²) in [4.78, 5) is 12.1. The van der Waals surface area contributed by atoms with Crippen LogP contribution < -0.4 is 5.32 Å². The first-order valence-corrected chi connectivity index (χ1v) is 9.76. The average Bonchev–Trinajstić information content (AvgIpc) is 2.68. The highest BCUT2D eigenvalue weighted by Crippen LogP contribution is 2.23. The lowest BCUT2D eigenvalue weighted by Crippen LogP contribution is -2.50. The lowest BCUT2D eigenvalue weighted by atomic mass is 10.0. The van der Waals surface area contributed by atoms with Gasteiger partial charge in [0.2, 0.25) is 5.91 Å². The highest BCUT2D eigenvalue weighted by molar-refractivity contribution is 6.01. The van der Waals surface area contributed by atoms with Gasteiger partial charge in [0.25, 0.3) is 0 Å². The molecule has 1 saturated heterocycles. The number of halogens is 2. The maximum Gasteiger partial charge on any atom is 0.248 e. The molecule has 2 aromatic carbocycles. The molecule has 1 aliphatic heterocycles. The van der Waals surface area contributed by atoms with Gasteiger partial charge in [-0.25, -0.2) is 8.78 Å². The summed E-state index contributed by atoms with van der Waals surface area (Å²) >= 11 is 0. The first-order chi connectivity index (χ1) is 13.8. The molecule has 6 heteroatoms. The highest BCUT2D eigenvalue weighted by atomic mass is 19.1. The Bertz CT molecular complexity index is 853. The minimum absolute atomic E-state index is 0.293. The van der Waals surface area contributed by atoms with Gasteiger partial charge in [0.15, 0.2) is 0 Å². The Labute approximate surface area is 170 Å². The number of anilines is 1. The van der Waals surface area contributed by atoms with Gasteiger partial charge >= 0.3 is 0 Å². The van der Waals surface area contributed by atoms with Gasteiger partial charge in [0.05, 0.1) is 33.4 Å². The molecule has 0 spiro atoms. The lowest BCUT2D eigenvalue weighted by molar-refractivity contribution is -0.929. The quantitative estimate of drug-likeness (QED) is 0.577. The van der Waals surface area contributed by atoms with Crippen LogP contribution in [-0.2, 0) is 16.1 Å². The van der Waals surface area contributed by atoms with Gasteiger partial charge in [0.1, 0.15) is 18.2 Å². The van der Waals surface area contributed by atoms with E-state index in [0.29, 0.717) is 17.3 Å². The monoisotopic (exact) mass is 401 g/mol. The molecule has 0 saturated carbocycles. The van der Waals surface area contributed by atoms with Crippen LogP contribution in [0.3, 0.4) is 0 Å². The topological polar surface area (TPSA) is 38.3 Å².